The molecule has 4 nitrogen and oxygen atoms in total. The van der Waals surface area contributed by atoms with Crippen molar-refractivity contribution in [3.8, 4) is 0 Å². The molecule has 162 valence electrons. The van der Waals surface area contributed by atoms with E-state index in [1.165, 1.54) is 32.1 Å². The topological polar surface area (TPSA) is 55.8 Å². The quantitative estimate of drug-likeness (QED) is 0.461. The Balaban J connectivity index is 1.36. The van der Waals surface area contributed by atoms with Crippen LogP contribution in [0.25, 0.3) is 0 Å². The summed E-state index contributed by atoms with van der Waals surface area (Å²) in [5, 5.41) is 9.04. The maximum absolute atomic E-state index is 11.0. The van der Waals surface area contributed by atoms with Gasteiger partial charge in [0.15, 0.2) is 0 Å². The number of hydrogen-bond acceptors (Lipinski definition) is 3. The van der Waals surface area contributed by atoms with Crippen LogP contribution in [-0.2, 0) is 9.47 Å². The molecule has 4 saturated carbocycles. The van der Waals surface area contributed by atoms with E-state index in [4.69, 9.17) is 14.6 Å². The Hall–Kier alpha value is -1.03. The highest BCUT2D eigenvalue weighted by molar-refractivity contribution is 5.57. The van der Waals surface area contributed by atoms with Gasteiger partial charge in [-0.25, -0.2) is 4.79 Å². The van der Waals surface area contributed by atoms with E-state index in [9.17, 15) is 4.79 Å². The number of hydrogen-bond donors (Lipinski definition) is 1. The molecule has 4 aliphatic carbocycles. The van der Waals surface area contributed by atoms with Crippen LogP contribution < -0.4 is 0 Å². The fourth-order valence-corrected chi connectivity index (χ4v) is 9.38. The van der Waals surface area contributed by atoms with Crippen LogP contribution in [0, 0.1) is 46.3 Å². The molecule has 0 spiro atoms. The van der Waals surface area contributed by atoms with Gasteiger partial charge in [-0.15, -0.1) is 6.58 Å². The average Bonchev–Trinajstić information content (AvgIpc) is 3.15. The van der Waals surface area contributed by atoms with E-state index < -0.39 is 6.16 Å². The Morgan fingerprint density at radius 2 is 1.86 bits per heavy atom. The van der Waals surface area contributed by atoms with Crippen molar-refractivity contribution < 1.29 is 19.4 Å². The molecule has 0 amide bonds. The summed E-state index contributed by atoms with van der Waals surface area (Å²) in [5.41, 5.74) is 0.770. The van der Waals surface area contributed by atoms with Crippen LogP contribution in [0.1, 0.15) is 72.1 Å². The molecule has 0 aromatic carbocycles. The van der Waals surface area contributed by atoms with Gasteiger partial charge in [-0.3, -0.25) is 0 Å². The lowest BCUT2D eigenvalue weighted by Gasteiger charge is -2.61. The third-order valence-electron chi connectivity index (χ3n) is 10.6. The van der Waals surface area contributed by atoms with Gasteiger partial charge in [-0.1, -0.05) is 26.8 Å². The first-order valence-electron chi connectivity index (χ1n) is 12.0. The minimum absolute atomic E-state index is 0.0908. The highest BCUT2D eigenvalue weighted by Crippen LogP contribution is 2.70. The molecule has 1 aliphatic heterocycles. The fraction of sp³-hybridized carbons (Fsp3) is 0.880. The van der Waals surface area contributed by atoms with Gasteiger partial charge in [0.1, 0.15) is 6.10 Å². The molecular weight excluding hydrogens is 364 g/mol. The summed E-state index contributed by atoms with van der Waals surface area (Å²) in [5.74, 6) is 4.27. The summed E-state index contributed by atoms with van der Waals surface area (Å²) >= 11 is 0. The zero-order chi connectivity index (χ0) is 20.6. The number of rotatable bonds is 2. The second-order valence-electron chi connectivity index (χ2n) is 11.5. The Morgan fingerprint density at radius 1 is 1.10 bits per heavy atom. The first-order valence-corrected chi connectivity index (χ1v) is 12.0. The van der Waals surface area contributed by atoms with Crippen LogP contribution >= 0.6 is 0 Å². The predicted octanol–water partition coefficient (Wildman–Crippen LogP) is 5.91. The second kappa shape index (κ2) is 6.73. The molecular formula is C25H38O4. The lowest BCUT2D eigenvalue weighted by Crippen LogP contribution is -2.54. The van der Waals surface area contributed by atoms with Crippen molar-refractivity contribution >= 4 is 6.16 Å². The van der Waals surface area contributed by atoms with Gasteiger partial charge in [-0.05, 0) is 97.7 Å². The van der Waals surface area contributed by atoms with Gasteiger partial charge >= 0.3 is 6.16 Å². The third-order valence-corrected chi connectivity index (χ3v) is 10.6. The number of carbonyl (C=O) groups is 1. The van der Waals surface area contributed by atoms with Crippen molar-refractivity contribution in [3.63, 3.8) is 0 Å². The van der Waals surface area contributed by atoms with E-state index in [2.05, 4.69) is 27.4 Å². The fourth-order valence-electron chi connectivity index (χ4n) is 9.38. The summed E-state index contributed by atoms with van der Waals surface area (Å²) in [7, 11) is 0. The van der Waals surface area contributed by atoms with Crippen LogP contribution in [0.5, 0.6) is 0 Å². The zero-order valence-corrected chi connectivity index (χ0v) is 18.3. The monoisotopic (exact) mass is 402 g/mol. The van der Waals surface area contributed by atoms with Crippen LogP contribution in [0.15, 0.2) is 12.7 Å². The van der Waals surface area contributed by atoms with Crippen LogP contribution in [-0.4, -0.2) is 29.6 Å². The number of carboxylic acid groups (broad SMARTS) is 1. The van der Waals surface area contributed by atoms with Crippen molar-refractivity contribution in [2.24, 2.45) is 46.3 Å². The highest BCUT2D eigenvalue weighted by atomic mass is 16.7. The summed E-state index contributed by atoms with van der Waals surface area (Å²) in [6.45, 7) is 11.5. The molecule has 0 aromatic heterocycles. The molecule has 1 saturated heterocycles. The normalized spacial score (nSPS) is 55.9. The Kier molecular flexibility index (Phi) is 4.62. The van der Waals surface area contributed by atoms with Crippen LogP contribution in [0.4, 0.5) is 4.79 Å². The molecule has 0 aromatic rings. The van der Waals surface area contributed by atoms with E-state index in [0.717, 1.165) is 37.0 Å². The standard InChI is InChI=1S/C25H38O4/c1-5-20-14(2)22-21(29-20)13-19-17-7-6-15-12-16(28-23(26)27)8-10-24(15,3)18(17)9-11-25(19,22)4/h5,14-22H,1,6-13H2,2-4H3,(H,26,27). The van der Waals surface area contributed by atoms with Gasteiger partial charge in [0.25, 0.3) is 0 Å². The highest BCUT2D eigenvalue weighted by Gasteiger charge is 2.65. The van der Waals surface area contributed by atoms with Gasteiger partial charge in [0, 0.05) is 0 Å². The molecule has 11 unspecified atom stereocenters. The van der Waals surface area contributed by atoms with E-state index in [0.29, 0.717) is 34.7 Å². The summed E-state index contributed by atoms with van der Waals surface area (Å²) < 4.78 is 11.7. The van der Waals surface area contributed by atoms with Gasteiger partial charge in [0.05, 0.1) is 12.2 Å². The van der Waals surface area contributed by atoms with Crippen molar-refractivity contribution in [1.29, 1.82) is 0 Å². The third kappa shape index (κ3) is 2.77. The number of fused-ring (bicyclic) bond motifs is 7. The maximum atomic E-state index is 11.0. The van der Waals surface area contributed by atoms with Gasteiger partial charge < -0.3 is 14.6 Å². The van der Waals surface area contributed by atoms with Crippen molar-refractivity contribution in [1.82, 2.24) is 0 Å². The van der Waals surface area contributed by atoms with Crippen molar-refractivity contribution in [2.45, 2.75) is 90.4 Å². The molecule has 5 rings (SSSR count). The van der Waals surface area contributed by atoms with E-state index >= 15 is 0 Å². The maximum Gasteiger partial charge on any atom is 0.506 e. The minimum Gasteiger partial charge on any atom is -0.450 e. The first-order chi connectivity index (χ1) is 13.8. The Morgan fingerprint density at radius 3 is 2.59 bits per heavy atom. The van der Waals surface area contributed by atoms with Crippen molar-refractivity contribution in [3.05, 3.63) is 12.7 Å². The predicted molar refractivity (Wildman–Crippen MR) is 112 cm³/mol. The lowest BCUT2D eigenvalue weighted by molar-refractivity contribution is -0.131. The lowest BCUT2D eigenvalue weighted by atomic mass is 9.44. The summed E-state index contributed by atoms with van der Waals surface area (Å²) in [6.07, 6.45) is 10.9. The second-order valence-corrected chi connectivity index (χ2v) is 11.5. The largest absolute Gasteiger partial charge is 0.506 e. The molecule has 0 bridgehead atoms. The van der Waals surface area contributed by atoms with E-state index in [1.54, 1.807) is 0 Å². The van der Waals surface area contributed by atoms with Gasteiger partial charge in [0.2, 0.25) is 0 Å². The molecule has 1 N–H and O–H groups in total. The van der Waals surface area contributed by atoms with E-state index in [1.807, 2.05) is 6.08 Å². The van der Waals surface area contributed by atoms with Crippen LogP contribution in [0.2, 0.25) is 0 Å². The Bertz CT molecular complexity index is 690. The molecule has 11 atom stereocenters. The Labute approximate surface area is 175 Å². The zero-order valence-electron chi connectivity index (χ0n) is 18.3. The van der Waals surface area contributed by atoms with Crippen LogP contribution in [0.3, 0.4) is 0 Å². The average molecular weight is 403 g/mol. The molecule has 5 aliphatic rings. The van der Waals surface area contributed by atoms with Gasteiger partial charge in [-0.2, -0.15) is 0 Å². The molecule has 5 fully saturated rings. The van der Waals surface area contributed by atoms with E-state index in [-0.39, 0.29) is 12.2 Å². The summed E-state index contributed by atoms with van der Waals surface area (Å²) in [6, 6.07) is 0. The summed E-state index contributed by atoms with van der Waals surface area (Å²) in [4.78, 5) is 11.0. The molecule has 1 heterocycles. The molecule has 29 heavy (non-hydrogen) atoms. The van der Waals surface area contributed by atoms with Crippen molar-refractivity contribution in [2.75, 3.05) is 0 Å². The SMILES string of the molecule is C=CC1OC2CC3C4CCC5CC(OC(=O)O)CCC5(C)C4CCC3(C)C2C1C. The minimum atomic E-state index is -1.11. The first kappa shape index (κ1) is 19.9. The molecule has 4 heteroatoms. The molecule has 0 radical (unpaired) electrons. The smallest absolute Gasteiger partial charge is 0.450 e. The number of ether oxygens (including phenoxy) is 2.